The quantitative estimate of drug-likeness (QED) is 0.269. The summed E-state index contributed by atoms with van der Waals surface area (Å²) in [6.45, 7) is 8.20. The summed E-state index contributed by atoms with van der Waals surface area (Å²) in [4.78, 5) is 26.3. The number of carbonyl (C=O) groups is 1. The van der Waals surface area contributed by atoms with Crippen LogP contribution in [0.3, 0.4) is 0 Å². The highest BCUT2D eigenvalue weighted by molar-refractivity contribution is 7.90. The van der Waals surface area contributed by atoms with E-state index in [1.807, 2.05) is 49.9 Å². The molecule has 14 heteroatoms. The zero-order valence-electron chi connectivity index (χ0n) is 27.8. The van der Waals surface area contributed by atoms with Crippen molar-refractivity contribution in [1.29, 1.82) is 0 Å². The van der Waals surface area contributed by atoms with E-state index in [0.29, 0.717) is 59.0 Å². The van der Waals surface area contributed by atoms with Crippen molar-refractivity contribution in [1.82, 2.24) is 14.7 Å². The van der Waals surface area contributed by atoms with Crippen LogP contribution in [0.5, 0.6) is 5.75 Å². The average molecular weight is 766 g/mol. The van der Waals surface area contributed by atoms with Crippen LogP contribution < -0.4 is 4.74 Å². The number of halogens is 3. The molecule has 2 fully saturated rings. The van der Waals surface area contributed by atoms with Crippen molar-refractivity contribution in [3.63, 3.8) is 0 Å². The molecular weight excluding hydrogens is 727 g/mol. The average Bonchev–Trinajstić information content (AvgIpc) is 3.60. The molecule has 0 bridgehead atoms. The second-order valence-corrected chi connectivity index (χ2v) is 17.9. The minimum Gasteiger partial charge on any atom is -0.493 e. The van der Waals surface area contributed by atoms with E-state index in [9.17, 15) is 12.6 Å². The third-order valence-corrected chi connectivity index (χ3v) is 13.6. The zero-order valence-corrected chi connectivity index (χ0v) is 31.7. The Morgan fingerprint density at radius 3 is 2.08 bits per heavy atom. The molecule has 2 saturated heterocycles. The number of benzene rings is 3. The molecule has 3 aliphatic heterocycles. The maximum atomic E-state index is 15.2. The molecule has 4 atom stereocenters. The lowest BCUT2D eigenvalue weighted by Gasteiger charge is -2.47. The number of carbonyl (C=O) groups excluding carboxylic acids is 1. The van der Waals surface area contributed by atoms with Gasteiger partial charge in [0.15, 0.2) is 9.84 Å². The number of hydrogen-bond donors (Lipinski definition) is 0. The van der Waals surface area contributed by atoms with Gasteiger partial charge in [0.25, 0.3) is 0 Å². The fourth-order valence-corrected chi connectivity index (χ4v) is 10.3. The third-order valence-electron chi connectivity index (χ3n) is 10.1. The highest BCUT2D eigenvalue weighted by Gasteiger charge is 2.60. The standard InChI is InChI=1S/C35H39Cl3N4O5S2/c1-5-47-30-21-29(38)31(49(4,45)46)20-28(30)32-39-34(2,23-6-10-25(36)11-7-23)35(3,24-8-12-26(37)13-9-24)42(32)33(43)41-17-15-40(16-18-41)27-14-19-48(44)22-27/h6-13,20-21,27H,5,14-19,22H2,1-4H3/t27?,34-,35+,48?/m0/s1. The van der Waals surface area contributed by atoms with E-state index in [4.69, 9.17) is 44.5 Å². The number of sulfone groups is 1. The highest BCUT2D eigenvalue weighted by atomic mass is 35.5. The molecule has 6 rings (SSSR count). The summed E-state index contributed by atoms with van der Waals surface area (Å²) in [6.07, 6.45) is 1.98. The van der Waals surface area contributed by atoms with Gasteiger partial charge in [-0.15, -0.1) is 0 Å². The van der Waals surface area contributed by atoms with Crippen LogP contribution in [0.2, 0.25) is 15.1 Å². The van der Waals surface area contributed by atoms with Crippen LogP contribution in [-0.2, 0) is 31.7 Å². The van der Waals surface area contributed by atoms with Gasteiger partial charge in [-0.05, 0) is 68.7 Å². The predicted molar refractivity (Wildman–Crippen MR) is 197 cm³/mol. The van der Waals surface area contributed by atoms with Crippen LogP contribution in [0, 0.1) is 0 Å². The van der Waals surface area contributed by atoms with Gasteiger partial charge >= 0.3 is 6.03 Å². The SMILES string of the molecule is CCOc1cc(Cl)c(S(C)(=O)=O)cc1C1=N[C@@](C)(c2ccc(Cl)cc2)[C@@](C)(c2ccc(Cl)cc2)N1C(=O)N1CCN(C2CCS(=O)C2)CC1. The lowest BCUT2D eigenvalue weighted by Crippen LogP contribution is -2.61. The van der Waals surface area contributed by atoms with Gasteiger partial charge in [0, 0.05) is 76.9 Å². The third kappa shape index (κ3) is 6.63. The summed E-state index contributed by atoms with van der Waals surface area (Å²) in [5, 5.41) is 1.10. The number of ether oxygens (including phenoxy) is 1. The molecule has 3 aliphatic rings. The van der Waals surface area contributed by atoms with Gasteiger partial charge in [0.1, 0.15) is 22.7 Å². The molecule has 0 saturated carbocycles. The summed E-state index contributed by atoms with van der Waals surface area (Å²) < 4.78 is 44.1. The molecule has 2 unspecified atom stereocenters. The number of hydrogen-bond acceptors (Lipinski definition) is 7. The molecule has 3 aromatic rings. The Morgan fingerprint density at radius 2 is 1.55 bits per heavy atom. The number of amides is 2. The lowest BCUT2D eigenvalue weighted by atomic mass is 9.71. The Labute approximate surface area is 305 Å². The van der Waals surface area contributed by atoms with Crippen LogP contribution in [0.15, 0.2) is 70.6 Å². The Morgan fingerprint density at radius 1 is 0.959 bits per heavy atom. The topological polar surface area (TPSA) is 99.6 Å². The first kappa shape index (κ1) is 36.1. The largest absolute Gasteiger partial charge is 0.493 e. The van der Waals surface area contributed by atoms with E-state index in [1.165, 1.54) is 12.1 Å². The van der Waals surface area contributed by atoms with Crippen molar-refractivity contribution in [3.8, 4) is 5.75 Å². The van der Waals surface area contributed by atoms with E-state index in [1.54, 1.807) is 29.2 Å². The van der Waals surface area contributed by atoms with E-state index in [-0.39, 0.29) is 34.4 Å². The minimum absolute atomic E-state index is 0.0102. The van der Waals surface area contributed by atoms with E-state index in [2.05, 4.69) is 4.90 Å². The molecule has 0 N–H and O–H groups in total. The summed E-state index contributed by atoms with van der Waals surface area (Å²) in [6, 6.07) is 17.6. The summed E-state index contributed by atoms with van der Waals surface area (Å²) in [5.41, 5.74) is -0.392. The van der Waals surface area contributed by atoms with Gasteiger partial charge < -0.3 is 9.64 Å². The van der Waals surface area contributed by atoms with Crippen molar-refractivity contribution >= 4 is 67.3 Å². The molecule has 262 valence electrons. The van der Waals surface area contributed by atoms with Crippen molar-refractivity contribution in [3.05, 3.63) is 92.4 Å². The van der Waals surface area contributed by atoms with Crippen LogP contribution in [0.1, 0.15) is 43.9 Å². The van der Waals surface area contributed by atoms with E-state index < -0.39 is 31.7 Å². The minimum atomic E-state index is -3.78. The maximum absolute atomic E-state index is 15.2. The normalized spacial score (nSPS) is 26.2. The molecule has 49 heavy (non-hydrogen) atoms. The van der Waals surface area contributed by atoms with Crippen molar-refractivity contribution in [2.24, 2.45) is 4.99 Å². The van der Waals surface area contributed by atoms with Crippen molar-refractivity contribution in [2.45, 2.75) is 49.2 Å². The van der Waals surface area contributed by atoms with Gasteiger partial charge in [-0.3, -0.25) is 19.0 Å². The predicted octanol–water partition coefficient (Wildman–Crippen LogP) is 6.60. The van der Waals surface area contributed by atoms with Crippen molar-refractivity contribution in [2.75, 3.05) is 50.5 Å². The zero-order chi connectivity index (χ0) is 35.3. The summed E-state index contributed by atoms with van der Waals surface area (Å²) >= 11 is 19.2. The van der Waals surface area contributed by atoms with E-state index >= 15 is 4.79 Å². The second kappa shape index (κ2) is 13.8. The molecule has 3 heterocycles. The molecule has 0 radical (unpaired) electrons. The first-order valence-corrected chi connectivity index (χ1v) is 20.7. The summed E-state index contributed by atoms with van der Waals surface area (Å²) in [5.74, 6) is 1.91. The maximum Gasteiger partial charge on any atom is 0.326 e. The molecule has 0 spiro atoms. The van der Waals surface area contributed by atoms with Gasteiger partial charge in [-0.1, -0.05) is 59.1 Å². The van der Waals surface area contributed by atoms with Crippen molar-refractivity contribution < 1.29 is 22.2 Å². The first-order chi connectivity index (χ1) is 23.2. The second-order valence-electron chi connectivity index (χ2n) is 13.0. The first-order valence-electron chi connectivity index (χ1n) is 16.1. The molecule has 0 aromatic heterocycles. The van der Waals surface area contributed by atoms with Crippen LogP contribution in [0.4, 0.5) is 4.79 Å². The Bertz CT molecular complexity index is 1920. The molecule has 2 amide bonds. The number of aliphatic imine (C=N–C) groups is 1. The van der Waals surface area contributed by atoms with Crippen LogP contribution in [0.25, 0.3) is 0 Å². The molecule has 0 aliphatic carbocycles. The monoisotopic (exact) mass is 764 g/mol. The number of amidine groups is 1. The smallest absolute Gasteiger partial charge is 0.326 e. The lowest BCUT2D eigenvalue weighted by molar-refractivity contribution is 0.0776. The molecular formula is C35H39Cl3N4O5S2. The number of piperazine rings is 1. The van der Waals surface area contributed by atoms with Gasteiger partial charge in [0.05, 0.1) is 22.1 Å². The fourth-order valence-electron chi connectivity index (χ4n) is 7.19. The Kier molecular flexibility index (Phi) is 10.2. The fraction of sp³-hybridized carbons (Fsp3) is 0.429. The molecule has 3 aromatic carbocycles. The number of nitrogens with zero attached hydrogens (tertiary/aromatic N) is 4. The van der Waals surface area contributed by atoms with Crippen LogP contribution in [-0.4, -0.2) is 95.8 Å². The Hall–Kier alpha value is -2.67. The van der Waals surface area contributed by atoms with Gasteiger partial charge in [-0.25, -0.2) is 13.2 Å². The van der Waals surface area contributed by atoms with E-state index in [0.717, 1.165) is 23.8 Å². The van der Waals surface area contributed by atoms with Crippen LogP contribution >= 0.6 is 34.8 Å². The number of urea groups is 1. The number of rotatable bonds is 7. The Balaban J connectivity index is 1.55. The van der Waals surface area contributed by atoms with Gasteiger partial charge in [0.2, 0.25) is 0 Å². The highest BCUT2D eigenvalue weighted by Crippen LogP contribution is 2.54. The molecule has 9 nitrogen and oxygen atoms in total. The van der Waals surface area contributed by atoms with Gasteiger partial charge in [-0.2, -0.15) is 0 Å². The summed E-state index contributed by atoms with van der Waals surface area (Å²) in [7, 11) is -4.58.